The molecule has 1 aromatic carbocycles. The normalized spacial score (nSPS) is 28.3. The average molecular weight is 397 g/mol. The number of hydrogen-bond acceptors (Lipinski definition) is 4. The van der Waals surface area contributed by atoms with E-state index in [0.29, 0.717) is 12.2 Å². The van der Waals surface area contributed by atoms with Crippen molar-refractivity contribution in [2.24, 2.45) is 5.73 Å². The molecule has 1 aromatic heterocycles. The summed E-state index contributed by atoms with van der Waals surface area (Å²) in [6.45, 7) is 1.42. The summed E-state index contributed by atoms with van der Waals surface area (Å²) >= 11 is 6.23. The van der Waals surface area contributed by atoms with Gasteiger partial charge in [0.15, 0.2) is 5.69 Å². The second kappa shape index (κ2) is 6.53. The lowest BCUT2D eigenvalue weighted by Crippen LogP contribution is -2.52. The number of halogens is 1. The zero-order valence-corrected chi connectivity index (χ0v) is 16.7. The Labute approximate surface area is 170 Å². The lowest BCUT2D eigenvalue weighted by Gasteiger charge is -2.45. The zero-order chi connectivity index (χ0) is 19.4. The van der Waals surface area contributed by atoms with Gasteiger partial charge in [-0.25, -0.2) is 0 Å². The number of aromatic nitrogens is 2. The third-order valence-electron chi connectivity index (χ3n) is 7.26. The molecule has 28 heavy (non-hydrogen) atoms. The number of nitrogens with two attached hydrogens (primary N) is 1. The van der Waals surface area contributed by atoms with E-state index < -0.39 is 0 Å². The number of benzene rings is 1. The molecule has 0 radical (unpaired) electrons. The van der Waals surface area contributed by atoms with Crippen molar-refractivity contribution in [2.45, 2.75) is 55.4 Å². The van der Waals surface area contributed by atoms with Crippen molar-refractivity contribution >= 4 is 17.5 Å². The van der Waals surface area contributed by atoms with Gasteiger partial charge in [-0.05, 0) is 67.9 Å². The van der Waals surface area contributed by atoms with E-state index >= 15 is 0 Å². The first-order valence-electron chi connectivity index (χ1n) is 10.2. The van der Waals surface area contributed by atoms with Gasteiger partial charge in [0, 0.05) is 41.2 Å². The quantitative estimate of drug-likeness (QED) is 0.862. The number of carbonyl (C=O) groups is 1. The van der Waals surface area contributed by atoms with Gasteiger partial charge in [0.05, 0.1) is 0 Å². The molecule has 0 saturated heterocycles. The summed E-state index contributed by atoms with van der Waals surface area (Å²) < 4.78 is 0. The van der Waals surface area contributed by atoms with Crippen LogP contribution in [-0.4, -0.2) is 40.1 Å². The maximum absolute atomic E-state index is 13.2. The molecule has 5 nitrogen and oxygen atoms in total. The van der Waals surface area contributed by atoms with E-state index in [4.69, 9.17) is 17.3 Å². The van der Waals surface area contributed by atoms with Gasteiger partial charge in [-0.15, -0.1) is 5.10 Å². The van der Waals surface area contributed by atoms with E-state index in [1.54, 1.807) is 6.20 Å². The van der Waals surface area contributed by atoms with E-state index in [-0.39, 0.29) is 22.8 Å². The number of nitrogens with zero attached hydrogens (tertiary/aromatic N) is 3. The minimum Gasteiger partial charge on any atom is -0.333 e. The smallest absolute Gasteiger partial charge is 0.274 e. The molecule has 0 unspecified atom stereocenters. The third-order valence-corrected chi connectivity index (χ3v) is 7.50. The Balaban J connectivity index is 1.38. The molecular weight excluding hydrogens is 372 g/mol. The van der Waals surface area contributed by atoms with Gasteiger partial charge in [-0.1, -0.05) is 23.7 Å². The number of hydrogen-bond donors (Lipinski definition) is 1. The van der Waals surface area contributed by atoms with Crippen LogP contribution < -0.4 is 5.73 Å². The number of rotatable bonds is 3. The highest BCUT2D eigenvalue weighted by Crippen LogP contribution is 2.53. The predicted molar refractivity (Wildman–Crippen MR) is 108 cm³/mol. The Morgan fingerprint density at radius 3 is 2.64 bits per heavy atom. The summed E-state index contributed by atoms with van der Waals surface area (Å²) in [5.74, 6) is 0.0497. The fourth-order valence-electron chi connectivity index (χ4n) is 5.31. The van der Waals surface area contributed by atoms with Gasteiger partial charge in [0.1, 0.15) is 0 Å². The first-order chi connectivity index (χ1) is 13.6. The Morgan fingerprint density at radius 1 is 1.18 bits per heavy atom. The van der Waals surface area contributed by atoms with Gasteiger partial charge in [0.25, 0.3) is 5.91 Å². The van der Waals surface area contributed by atoms with E-state index in [1.165, 1.54) is 5.56 Å². The van der Waals surface area contributed by atoms with Gasteiger partial charge >= 0.3 is 0 Å². The molecule has 1 amide bonds. The minimum absolute atomic E-state index is 0.0464. The SMILES string of the molecule is NC[C@]1(c2cccc(Cl)c2)CC[C@H](N2CC3(CC3)c3ccnnc3C2=O)CC1. The molecule has 2 N–H and O–H groups in total. The molecule has 2 aliphatic carbocycles. The van der Waals surface area contributed by atoms with Crippen molar-refractivity contribution in [3.8, 4) is 0 Å². The van der Waals surface area contributed by atoms with Crippen LogP contribution in [0.5, 0.6) is 0 Å². The number of amides is 1. The van der Waals surface area contributed by atoms with Crippen LogP contribution in [-0.2, 0) is 10.8 Å². The number of fused-ring (bicyclic) bond motifs is 2. The lowest BCUT2D eigenvalue weighted by atomic mass is 9.67. The summed E-state index contributed by atoms with van der Waals surface area (Å²) in [7, 11) is 0. The molecule has 1 aliphatic heterocycles. The van der Waals surface area contributed by atoms with Crippen LogP contribution in [0.15, 0.2) is 36.5 Å². The molecule has 5 rings (SSSR count). The molecule has 2 fully saturated rings. The molecule has 6 heteroatoms. The molecule has 146 valence electrons. The summed E-state index contributed by atoms with van der Waals surface area (Å²) in [6, 6.07) is 10.3. The van der Waals surface area contributed by atoms with Gasteiger partial charge < -0.3 is 10.6 Å². The molecule has 2 aromatic rings. The molecule has 2 heterocycles. The highest BCUT2D eigenvalue weighted by Gasteiger charge is 2.54. The van der Waals surface area contributed by atoms with Crippen molar-refractivity contribution in [2.75, 3.05) is 13.1 Å². The highest BCUT2D eigenvalue weighted by atomic mass is 35.5. The largest absolute Gasteiger partial charge is 0.333 e. The van der Waals surface area contributed by atoms with Crippen molar-refractivity contribution in [1.82, 2.24) is 15.1 Å². The summed E-state index contributed by atoms with van der Waals surface area (Å²) in [6.07, 6.45) is 7.84. The van der Waals surface area contributed by atoms with E-state index in [0.717, 1.165) is 55.7 Å². The summed E-state index contributed by atoms with van der Waals surface area (Å²) in [5, 5.41) is 8.94. The minimum atomic E-state index is -0.0464. The van der Waals surface area contributed by atoms with Crippen molar-refractivity contribution in [1.29, 1.82) is 0 Å². The molecule has 2 saturated carbocycles. The average Bonchev–Trinajstić information content (AvgIpc) is 3.51. The second-order valence-corrected chi connectivity index (χ2v) is 9.17. The highest BCUT2D eigenvalue weighted by molar-refractivity contribution is 6.30. The maximum Gasteiger partial charge on any atom is 0.274 e. The molecule has 1 spiro atoms. The monoisotopic (exact) mass is 396 g/mol. The zero-order valence-electron chi connectivity index (χ0n) is 15.9. The molecule has 0 atom stereocenters. The Kier molecular flexibility index (Phi) is 4.21. The molecule has 0 bridgehead atoms. The van der Waals surface area contributed by atoms with Crippen LogP contribution in [0.3, 0.4) is 0 Å². The fraction of sp³-hybridized carbons (Fsp3) is 0.500. The first-order valence-corrected chi connectivity index (χ1v) is 10.5. The van der Waals surface area contributed by atoms with E-state index in [1.807, 2.05) is 24.3 Å². The van der Waals surface area contributed by atoms with Gasteiger partial charge in [-0.2, -0.15) is 5.10 Å². The Morgan fingerprint density at radius 2 is 1.96 bits per heavy atom. The van der Waals surface area contributed by atoms with Crippen molar-refractivity contribution in [3.63, 3.8) is 0 Å². The van der Waals surface area contributed by atoms with Crippen LogP contribution >= 0.6 is 11.6 Å². The molecular formula is C22H25ClN4O. The second-order valence-electron chi connectivity index (χ2n) is 8.73. The van der Waals surface area contributed by atoms with Crippen LogP contribution in [0, 0.1) is 0 Å². The van der Waals surface area contributed by atoms with Crippen molar-refractivity contribution < 1.29 is 4.79 Å². The lowest BCUT2D eigenvalue weighted by molar-refractivity contribution is 0.0525. The van der Waals surface area contributed by atoms with Crippen molar-refractivity contribution in [3.05, 3.63) is 58.4 Å². The van der Waals surface area contributed by atoms with Crippen LogP contribution in [0.1, 0.15) is 60.1 Å². The molecule has 3 aliphatic rings. The predicted octanol–water partition coefficient (Wildman–Crippen LogP) is 3.46. The van der Waals surface area contributed by atoms with Gasteiger partial charge in [-0.3, -0.25) is 4.79 Å². The van der Waals surface area contributed by atoms with Crippen LogP contribution in [0.4, 0.5) is 0 Å². The van der Waals surface area contributed by atoms with E-state index in [2.05, 4.69) is 21.2 Å². The topological polar surface area (TPSA) is 72.1 Å². The maximum atomic E-state index is 13.2. The first kappa shape index (κ1) is 18.1. The van der Waals surface area contributed by atoms with Crippen LogP contribution in [0.2, 0.25) is 5.02 Å². The fourth-order valence-corrected chi connectivity index (χ4v) is 5.50. The standard InChI is InChI=1S/C22H25ClN4O/c23-16-3-1-2-15(12-16)21(13-24)7-4-17(5-8-21)27-14-22(9-10-22)18-6-11-25-26-19(18)20(27)28/h1-3,6,11-12,17H,4-5,7-10,13-14,24H2/t17-,21-. The Hall–Kier alpha value is -1.98. The van der Waals surface area contributed by atoms with Crippen LogP contribution in [0.25, 0.3) is 0 Å². The van der Waals surface area contributed by atoms with E-state index in [9.17, 15) is 4.79 Å². The van der Waals surface area contributed by atoms with Gasteiger partial charge in [0.2, 0.25) is 0 Å². The summed E-state index contributed by atoms with van der Waals surface area (Å²) in [5.41, 5.74) is 9.21. The Bertz CT molecular complexity index is 918. The third kappa shape index (κ3) is 2.75. The summed E-state index contributed by atoms with van der Waals surface area (Å²) in [4.78, 5) is 15.2. The number of carbonyl (C=O) groups excluding carboxylic acids is 1.